The number of benzene rings is 1. The predicted molar refractivity (Wildman–Crippen MR) is 83.8 cm³/mol. The molecule has 0 radical (unpaired) electrons. The van der Waals surface area contributed by atoms with E-state index in [-0.39, 0.29) is 18.6 Å². The Kier molecular flexibility index (Phi) is 7.54. The van der Waals surface area contributed by atoms with Crippen LogP contribution in [0.3, 0.4) is 0 Å². The van der Waals surface area contributed by atoms with Crippen LogP contribution in [0.4, 0.5) is 4.79 Å². The summed E-state index contributed by atoms with van der Waals surface area (Å²) >= 11 is 0. The Morgan fingerprint density at radius 1 is 1.43 bits per heavy atom. The second-order valence-corrected chi connectivity index (χ2v) is 5.21. The van der Waals surface area contributed by atoms with Crippen molar-refractivity contribution in [3.05, 3.63) is 48.6 Å². The number of aliphatic hydroxyl groups is 1. The van der Waals surface area contributed by atoms with Gasteiger partial charge in [0, 0.05) is 0 Å². The summed E-state index contributed by atoms with van der Waals surface area (Å²) < 4.78 is 5.19. The number of nitrogens with one attached hydrogen (secondary N) is 1. The van der Waals surface area contributed by atoms with E-state index in [4.69, 9.17) is 4.74 Å². The van der Waals surface area contributed by atoms with Gasteiger partial charge in [0.25, 0.3) is 0 Å². The van der Waals surface area contributed by atoms with E-state index in [2.05, 4.69) is 11.9 Å². The normalized spacial score (nSPS) is 14.8. The summed E-state index contributed by atoms with van der Waals surface area (Å²) in [6.45, 7) is 7.86. The van der Waals surface area contributed by atoms with E-state index in [1.807, 2.05) is 44.2 Å². The molecule has 0 saturated carbocycles. The lowest BCUT2D eigenvalue weighted by Gasteiger charge is -2.28. The fraction of sp³-hybridized carbons (Fsp3) is 0.471. The number of rotatable bonds is 8. The van der Waals surface area contributed by atoms with Gasteiger partial charge in [0.15, 0.2) is 0 Å². The highest BCUT2D eigenvalue weighted by Crippen LogP contribution is 2.14. The van der Waals surface area contributed by atoms with Gasteiger partial charge in [-0.25, -0.2) is 4.79 Å². The summed E-state index contributed by atoms with van der Waals surface area (Å²) in [5.41, 5.74) is 0.930. The Bertz CT molecular complexity index is 433. The van der Waals surface area contributed by atoms with E-state index in [1.54, 1.807) is 6.08 Å². The lowest BCUT2D eigenvalue weighted by atomic mass is 9.93. The number of aliphatic hydroxyl groups excluding tert-OH is 1. The lowest BCUT2D eigenvalue weighted by molar-refractivity contribution is 0.0841. The van der Waals surface area contributed by atoms with Crippen molar-refractivity contribution in [2.75, 3.05) is 0 Å². The summed E-state index contributed by atoms with van der Waals surface area (Å²) in [6.07, 6.45) is 1.79. The van der Waals surface area contributed by atoms with Crippen LogP contribution in [-0.2, 0) is 11.3 Å². The lowest BCUT2D eigenvalue weighted by Crippen LogP contribution is -2.47. The number of carbonyl (C=O) groups excluding carboxylic acids is 1. The molecule has 2 N–H and O–H groups in total. The van der Waals surface area contributed by atoms with Crippen LogP contribution in [0.25, 0.3) is 0 Å². The number of alkyl carbamates (subject to hydrolysis) is 1. The number of carbonyl (C=O) groups is 1. The van der Waals surface area contributed by atoms with Crippen LogP contribution in [0, 0.1) is 5.92 Å². The standard InChI is InChI=1S/C17H25NO3/c1-4-9-15(19)16(13(3)5-2)18-17(20)21-12-14-10-7-6-8-11-14/h4,6-8,10-11,13,15-16,19H,1,5,9,12H2,2-3H3,(H,18,20)/t13?,15-,16-/m0/s1. The molecule has 21 heavy (non-hydrogen) atoms. The maximum Gasteiger partial charge on any atom is 0.407 e. The van der Waals surface area contributed by atoms with Crippen molar-refractivity contribution in [3.8, 4) is 0 Å². The van der Waals surface area contributed by atoms with Gasteiger partial charge in [-0.2, -0.15) is 0 Å². The van der Waals surface area contributed by atoms with Crippen LogP contribution in [0.15, 0.2) is 43.0 Å². The van der Waals surface area contributed by atoms with Gasteiger partial charge in [0.2, 0.25) is 0 Å². The Balaban J connectivity index is 2.53. The van der Waals surface area contributed by atoms with Gasteiger partial charge in [-0.1, -0.05) is 56.7 Å². The first-order valence-electron chi connectivity index (χ1n) is 7.34. The van der Waals surface area contributed by atoms with Gasteiger partial charge in [-0.05, 0) is 17.9 Å². The first-order valence-corrected chi connectivity index (χ1v) is 7.34. The van der Waals surface area contributed by atoms with Gasteiger partial charge < -0.3 is 15.2 Å². The van der Waals surface area contributed by atoms with Crippen LogP contribution in [-0.4, -0.2) is 23.3 Å². The average molecular weight is 291 g/mol. The predicted octanol–water partition coefficient (Wildman–Crippen LogP) is 3.26. The smallest absolute Gasteiger partial charge is 0.407 e. The van der Waals surface area contributed by atoms with Crippen molar-refractivity contribution < 1.29 is 14.6 Å². The van der Waals surface area contributed by atoms with E-state index < -0.39 is 12.2 Å². The summed E-state index contributed by atoms with van der Waals surface area (Å²) in [4.78, 5) is 11.9. The van der Waals surface area contributed by atoms with Gasteiger partial charge in [-0.3, -0.25) is 0 Å². The third-order valence-electron chi connectivity index (χ3n) is 3.58. The van der Waals surface area contributed by atoms with Crippen molar-refractivity contribution >= 4 is 6.09 Å². The molecule has 0 aliphatic rings. The maximum absolute atomic E-state index is 11.9. The maximum atomic E-state index is 11.9. The van der Waals surface area contributed by atoms with E-state index in [1.165, 1.54) is 0 Å². The molecular weight excluding hydrogens is 266 g/mol. The highest BCUT2D eigenvalue weighted by atomic mass is 16.5. The number of hydrogen-bond donors (Lipinski definition) is 2. The monoisotopic (exact) mass is 291 g/mol. The first kappa shape index (κ1) is 17.2. The Labute approximate surface area is 126 Å². The first-order chi connectivity index (χ1) is 10.1. The Morgan fingerprint density at radius 2 is 2.10 bits per heavy atom. The second-order valence-electron chi connectivity index (χ2n) is 5.21. The molecule has 0 aromatic heterocycles. The molecule has 116 valence electrons. The zero-order valence-electron chi connectivity index (χ0n) is 12.8. The molecule has 0 spiro atoms. The minimum Gasteiger partial charge on any atom is -0.445 e. The van der Waals surface area contributed by atoms with Crippen molar-refractivity contribution in [3.63, 3.8) is 0 Å². The van der Waals surface area contributed by atoms with Gasteiger partial charge >= 0.3 is 6.09 Å². The molecule has 1 unspecified atom stereocenters. The summed E-state index contributed by atoms with van der Waals surface area (Å²) in [6, 6.07) is 9.15. The fourth-order valence-corrected chi connectivity index (χ4v) is 2.09. The Morgan fingerprint density at radius 3 is 2.67 bits per heavy atom. The fourth-order valence-electron chi connectivity index (χ4n) is 2.09. The highest BCUT2D eigenvalue weighted by Gasteiger charge is 2.25. The van der Waals surface area contributed by atoms with Crippen LogP contribution in [0.1, 0.15) is 32.3 Å². The van der Waals surface area contributed by atoms with Gasteiger partial charge in [0.05, 0.1) is 12.1 Å². The highest BCUT2D eigenvalue weighted by molar-refractivity contribution is 5.67. The SMILES string of the molecule is C=CC[C@H](O)[C@@H](NC(=O)OCc1ccccc1)C(C)CC. The van der Waals surface area contributed by atoms with Crippen molar-refractivity contribution in [2.24, 2.45) is 5.92 Å². The Hall–Kier alpha value is -1.81. The third-order valence-corrected chi connectivity index (χ3v) is 3.58. The topological polar surface area (TPSA) is 58.6 Å². The molecule has 1 rings (SSSR count). The number of amides is 1. The van der Waals surface area contributed by atoms with Crippen molar-refractivity contribution in [1.82, 2.24) is 5.32 Å². The molecule has 1 amide bonds. The molecule has 0 aliphatic carbocycles. The molecule has 4 heteroatoms. The van der Waals surface area contributed by atoms with Crippen LogP contribution in [0.2, 0.25) is 0 Å². The third kappa shape index (κ3) is 6.00. The number of ether oxygens (including phenoxy) is 1. The van der Waals surface area contributed by atoms with Crippen LogP contribution < -0.4 is 5.32 Å². The zero-order valence-corrected chi connectivity index (χ0v) is 12.8. The van der Waals surface area contributed by atoms with Crippen LogP contribution >= 0.6 is 0 Å². The molecule has 0 aliphatic heterocycles. The molecule has 0 fully saturated rings. The molecular formula is C17H25NO3. The second kappa shape index (κ2) is 9.19. The van der Waals surface area contributed by atoms with Gasteiger partial charge in [0.1, 0.15) is 6.61 Å². The largest absolute Gasteiger partial charge is 0.445 e. The molecule has 1 aromatic carbocycles. The van der Waals surface area contributed by atoms with E-state index >= 15 is 0 Å². The molecule has 3 atom stereocenters. The van der Waals surface area contributed by atoms with E-state index in [0.29, 0.717) is 6.42 Å². The van der Waals surface area contributed by atoms with Crippen LogP contribution in [0.5, 0.6) is 0 Å². The molecule has 0 bridgehead atoms. The quantitative estimate of drug-likeness (QED) is 0.723. The summed E-state index contributed by atoms with van der Waals surface area (Å²) in [7, 11) is 0. The van der Waals surface area contributed by atoms with Crippen molar-refractivity contribution in [1.29, 1.82) is 0 Å². The molecule has 4 nitrogen and oxygen atoms in total. The van der Waals surface area contributed by atoms with Crippen molar-refractivity contribution in [2.45, 2.75) is 45.4 Å². The van der Waals surface area contributed by atoms with E-state index in [9.17, 15) is 9.90 Å². The summed E-state index contributed by atoms with van der Waals surface area (Å²) in [5.74, 6) is 0.157. The minimum atomic E-state index is -0.651. The minimum absolute atomic E-state index is 0.157. The van der Waals surface area contributed by atoms with Gasteiger partial charge in [-0.15, -0.1) is 6.58 Å². The summed E-state index contributed by atoms with van der Waals surface area (Å²) in [5, 5.41) is 12.9. The zero-order chi connectivity index (χ0) is 15.7. The molecule has 0 saturated heterocycles. The number of hydrogen-bond acceptors (Lipinski definition) is 3. The molecule has 0 heterocycles. The average Bonchev–Trinajstić information content (AvgIpc) is 2.51. The molecule has 1 aromatic rings. The van der Waals surface area contributed by atoms with E-state index in [0.717, 1.165) is 12.0 Å².